The molecule has 2 N–H and O–H groups in total. The monoisotopic (exact) mass is 493 g/mol. The van der Waals surface area contributed by atoms with E-state index in [1.54, 1.807) is 30.5 Å². The van der Waals surface area contributed by atoms with E-state index in [0.717, 1.165) is 12.8 Å². The van der Waals surface area contributed by atoms with Crippen LogP contribution in [0, 0.1) is 0 Å². The zero-order chi connectivity index (χ0) is 25.1. The summed E-state index contributed by atoms with van der Waals surface area (Å²) < 4.78 is 26.4. The Morgan fingerprint density at radius 1 is 1.08 bits per heavy atom. The van der Waals surface area contributed by atoms with Crippen molar-refractivity contribution in [2.24, 2.45) is 0 Å². The third-order valence-electron chi connectivity index (χ3n) is 7.64. The summed E-state index contributed by atoms with van der Waals surface area (Å²) in [4.78, 5) is 6.26. The van der Waals surface area contributed by atoms with Crippen LogP contribution in [-0.4, -0.2) is 74.0 Å². The first kappa shape index (κ1) is 22.8. The molecule has 0 spiro atoms. The molecule has 11 heteroatoms. The van der Waals surface area contributed by atoms with Gasteiger partial charge in [0.15, 0.2) is 17.4 Å². The van der Waals surface area contributed by atoms with Gasteiger partial charge in [-0.1, -0.05) is 6.07 Å². The van der Waals surface area contributed by atoms with Gasteiger partial charge in [0, 0.05) is 29.8 Å². The molecule has 6 rings (SSSR count). The Kier molecular flexibility index (Phi) is 5.22. The Morgan fingerprint density at radius 3 is 2.69 bits per heavy atom. The van der Waals surface area contributed by atoms with Crippen LogP contribution in [0.1, 0.15) is 33.1 Å². The highest BCUT2D eigenvalue weighted by Gasteiger charge is 2.56. The normalized spacial score (nSPS) is 28.7. The number of phenolic OH excluding ortho intramolecular Hbond substituents is 1. The maximum Gasteiger partial charge on any atom is 0.276 e. The number of halogens is 1. The Hall–Kier alpha value is -3.60. The summed E-state index contributed by atoms with van der Waals surface area (Å²) in [5.74, 6) is 1.61. The van der Waals surface area contributed by atoms with Crippen molar-refractivity contribution in [3.8, 4) is 40.0 Å². The lowest BCUT2D eigenvalue weighted by Gasteiger charge is -2.47. The molecule has 0 saturated carbocycles. The first-order chi connectivity index (χ1) is 17.2. The minimum atomic E-state index is -1.04. The molecule has 5 heterocycles. The van der Waals surface area contributed by atoms with Crippen molar-refractivity contribution < 1.29 is 19.0 Å². The summed E-state index contributed by atoms with van der Waals surface area (Å²) in [6.07, 6.45) is 2.97. The third kappa shape index (κ3) is 3.78. The SMILES string of the molecule is CN(c1cnc(-c2ccc(-c3cc4c(nn3)OCCO4)cc2O)nn1)[C@H]1C[C@]2(C)CC[C@@](C)(N2)[C@H]1F. The number of nitrogens with zero attached hydrogens (tertiary/aromatic N) is 6. The van der Waals surface area contributed by atoms with E-state index in [1.807, 2.05) is 18.9 Å². The minimum absolute atomic E-state index is 0.0216. The van der Waals surface area contributed by atoms with E-state index < -0.39 is 11.7 Å². The number of aromatic nitrogens is 5. The highest BCUT2D eigenvalue weighted by atomic mass is 19.1. The van der Waals surface area contributed by atoms with E-state index >= 15 is 4.39 Å². The standard InChI is InChI=1S/C25H28FN7O3/c1-24-6-7-25(2,32-24)21(26)17(12-24)33(3)20-13-27-22(30-29-20)15-5-4-14(10-18(15)34)16-11-19-23(31-28-16)36-9-8-35-19/h4-5,10-11,13,17,21,32,34H,6-9,12H2,1-3H3/t17-,21-,24-,25+/m0/s1. The van der Waals surface area contributed by atoms with Crippen LogP contribution < -0.4 is 19.7 Å². The lowest BCUT2D eigenvalue weighted by molar-refractivity contribution is 0.0859. The van der Waals surface area contributed by atoms with Crippen molar-refractivity contribution in [1.82, 2.24) is 30.7 Å². The van der Waals surface area contributed by atoms with E-state index in [1.165, 1.54) is 0 Å². The molecule has 0 amide bonds. The van der Waals surface area contributed by atoms with Crippen molar-refractivity contribution in [3.05, 3.63) is 30.5 Å². The maximum absolute atomic E-state index is 15.5. The molecule has 1 aromatic carbocycles. The number of fused-ring (bicyclic) bond motifs is 3. The lowest BCUT2D eigenvalue weighted by atomic mass is 9.82. The van der Waals surface area contributed by atoms with Gasteiger partial charge in [-0.2, -0.15) is 0 Å². The van der Waals surface area contributed by atoms with Crippen LogP contribution in [0.15, 0.2) is 30.5 Å². The zero-order valence-corrected chi connectivity index (χ0v) is 20.4. The largest absolute Gasteiger partial charge is 0.507 e. The average molecular weight is 494 g/mol. The number of rotatable bonds is 4. The van der Waals surface area contributed by atoms with Crippen LogP contribution >= 0.6 is 0 Å². The van der Waals surface area contributed by atoms with Crippen molar-refractivity contribution >= 4 is 5.82 Å². The summed E-state index contributed by atoms with van der Waals surface area (Å²) in [7, 11) is 1.83. The van der Waals surface area contributed by atoms with Crippen LogP contribution in [-0.2, 0) is 0 Å². The molecule has 36 heavy (non-hydrogen) atoms. The molecule has 3 aliphatic heterocycles. The predicted molar refractivity (Wildman–Crippen MR) is 130 cm³/mol. The van der Waals surface area contributed by atoms with Crippen LogP contribution in [0.4, 0.5) is 10.2 Å². The van der Waals surface area contributed by atoms with Gasteiger partial charge in [-0.3, -0.25) is 0 Å². The number of ether oxygens (including phenoxy) is 2. The fraction of sp³-hybridized carbons (Fsp3) is 0.480. The topological polar surface area (TPSA) is 118 Å². The predicted octanol–water partition coefficient (Wildman–Crippen LogP) is 2.92. The number of nitrogens with one attached hydrogen (secondary N) is 1. The second-order valence-corrected chi connectivity index (χ2v) is 10.4. The molecule has 3 aromatic rings. The fourth-order valence-electron chi connectivity index (χ4n) is 5.63. The molecule has 2 bridgehead atoms. The Labute approximate surface area is 207 Å². The fourth-order valence-corrected chi connectivity index (χ4v) is 5.63. The summed E-state index contributed by atoms with van der Waals surface area (Å²) >= 11 is 0. The number of benzene rings is 1. The van der Waals surface area contributed by atoms with E-state index in [2.05, 4.69) is 37.6 Å². The van der Waals surface area contributed by atoms with Crippen molar-refractivity contribution in [1.29, 1.82) is 0 Å². The van der Waals surface area contributed by atoms with Gasteiger partial charge >= 0.3 is 0 Å². The van der Waals surface area contributed by atoms with Crippen LogP contribution in [0.25, 0.3) is 22.6 Å². The summed E-state index contributed by atoms with van der Waals surface area (Å²) in [6.45, 7) is 4.99. The van der Waals surface area contributed by atoms with E-state index in [-0.39, 0.29) is 23.2 Å². The average Bonchev–Trinajstić information content (AvgIpc) is 3.17. The number of aromatic hydroxyl groups is 1. The van der Waals surface area contributed by atoms with E-state index in [0.29, 0.717) is 53.9 Å². The van der Waals surface area contributed by atoms with Gasteiger partial charge in [-0.05, 0) is 45.2 Å². The molecule has 0 radical (unpaired) electrons. The zero-order valence-electron chi connectivity index (χ0n) is 20.4. The van der Waals surface area contributed by atoms with Crippen LogP contribution in [0.3, 0.4) is 0 Å². The molecule has 0 unspecified atom stereocenters. The van der Waals surface area contributed by atoms with Crippen molar-refractivity contribution in [2.45, 2.75) is 56.4 Å². The van der Waals surface area contributed by atoms with Gasteiger partial charge in [0.05, 0.1) is 23.5 Å². The first-order valence-electron chi connectivity index (χ1n) is 12.1. The molecule has 3 aliphatic rings. The highest BCUT2D eigenvalue weighted by Crippen LogP contribution is 2.45. The van der Waals surface area contributed by atoms with E-state index in [9.17, 15) is 5.11 Å². The minimum Gasteiger partial charge on any atom is -0.507 e. The third-order valence-corrected chi connectivity index (χ3v) is 7.64. The number of alkyl halides is 1. The highest BCUT2D eigenvalue weighted by molar-refractivity contribution is 5.72. The molecule has 4 atom stereocenters. The Morgan fingerprint density at radius 2 is 1.92 bits per heavy atom. The molecular weight excluding hydrogens is 465 g/mol. The lowest BCUT2D eigenvalue weighted by Crippen LogP contribution is -2.65. The smallest absolute Gasteiger partial charge is 0.276 e. The van der Waals surface area contributed by atoms with Gasteiger partial charge in [-0.15, -0.1) is 20.4 Å². The summed E-state index contributed by atoms with van der Waals surface area (Å²) in [5, 5.41) is 31.0. The van der Waals surface area contributed by atoms with Crippen molar-refractivity contribution in [3.63, 3.8) is 0 Å². The molecule has 0 aliphatic carbocycles. The first-order valence-corrected chi connectivity index (χ1v) is 12.1. The van der Waals surface area contributed by atoms with Gasteiger partial charge in [0.1, 0.15) is 25.1 Å². The molecular formula is C25H28FN7O3. The van der Waals surface area contributed by atoms with Gasteiger partial charge < -0.3 is 24.8 Å². The Bertz CT molecular complexity index is 1310. The van der Waals surface area contributed by atoms with Gasteiger partial charge in [0.25, 0.3) is 5.88 Å². The van der Waals surface area contributed by atoms with Crippen molar-refractivity contribution in [2.75, 3.05) is 25.2 Å². The number of anilines is 1. The molecule has 10 nitrogen and oxygen atoms in total. The second-order valence-electron chi connectivity index (χ2n) is 10.4. The quantitative estimate of drug-likeness (QED) is 0.562. The number of hydrogen-bond acceptors (Lipinski definition) is 10. The summed E-state index contributed by atoms with van der Waals surface area (Å²) in [6, 6.07) is 6.46. The van der Waals surface area contributed by atoms with Crippen LogP contribution in [0.2, 0.25) is 0 Å². The number of piperidine rings is 1. The van der Waals surface area contributed by atoms with Gasteiger partial charge in [-0.25, -0.2) is 9.37 Å². The molecule has 188 valence electrons. The number of phenols is 1. The second kappa shape index (κ2) is 8.22. The molecule has 2 saturated heterocycles. The molecule has 2 fully saturated rings. The number of hydrogen-bond donors (Lipinski definition) is 2. The van der Waals surface area contributed by atoms with Gasteiger partial charge in [0.2, 0.25) is 0 Å². The molecule has 2 aromatic heterocycles. The van der Waals surface area contributed by atoms with Crippen LogP contribution in [0.5, 0.6) is 17.4 Å². The Balaban J connectivity index is 1.22. The van der Waals surface area contributed by atoms with E-state index in [4.69, 9.17) is 9.47 Å². The maximum atomic E-state index is 15.5. The summed E-state index contributed by atoms with van der Waals surface area (Å²) in [5.41, 5.74) is 0.987.